The standard InChI is InChI=1S/C5H7N4/c6-1-4-2-8-3-9-5(4)7/h2-3,6H,1H2,(H2,7,8,9). The topological polar surface area (TPSA) is 75.6 Å². The van der Waals surface area contributed by atoms with Gasteiger partial charge in [0.15, 0.2) is 0 Å². The Hall–Kier alpha value is -1.16. The van der Waals surface area contributed by atoms with Crippen molar-refractivity contribution in [3.8, 4) is 0 Å². The quantitative estimate of drug-likeness (QED) is 0.563. The van der Waals surface area contributed by atoms with Crippen molar-refractivity contribution >= 4 is 5.82 Å². The lowest BCUT2D eigenvalue weighted by molar-refractivity contribution is 0.987. The number of nitrogen functional groups attached to an aromatic ring is 1. The minimum atomic E-state index is 0.146. The van der Waals surface area contributed by atoms with Gasteiger partial charge in [-0.3, -0.25) is 5.73 Å². The van der Waals surface area contributed by atoms with E-state index in [1.807, 2.05) is 0 Å². The van der Waals surface area contributed by atoms with Crippen LogP contribution in [-0.2, 0) is 6.54 Å². The molecule has 0 aliphatic heterocycles. The van der Waals surface area contributed by atoms with Gasteiger partial charge in [-0.05, 0) is 0 Å². The van der Waals surface area contributed by atoms with Crippen molar-refractivity contribution < 1.29 is 0 Å². The van der Waals surface area contributed by atoms with Crippen molar-refractivity contribution in [1.29, 1.82) is 0 Å². The van der Waals surface area contributed by atoms with Gasteiger partial charge in [0, 0.05) is 18.3 Å². The monoisotopic (exact) mass is 123 g/mol. The molecule has 0 aliphatic rings. The molecule has 3 N–H and O–H groups in total. The number of nitrogens with two attached hydrogens (primary N) is 1. The second-order valence-electron chi connectivity index (χ2n) is 1.61. The molecule has 0 saturated carbocycles. The summed E-state index contributed by atoms with van der Waals surface area (Å²) in [5, 5.41) is 0. The van der Waals surface area contributed by atoms with E-state index in [1.54, 1.807) is 6.20 Å². The summed E-state index contributed by atoms with van der Waals surface area (Å²) in [5.74, 6) is 0.403. The summed E-state index contributed by atoms with van der Waals surface area (Å²) < 4.78 is 0. The van der Waals surface area contributed by atoms with E-state index in [9.17, 15) is 0 Å². The first kappa shape index (κ1) is 5.97. The molecule has 0 aliphatic carbocycles. The number of hydrogen-bond acceptors (Lipinski definition) is 3. The fourth-order valence-corrected chi connectivity index (χ4v) is 0.504. The summed E-state index contributed by atoms with van der Waals surface area (Å²) in [5.41, 5.74) is 13.0. The Morgan fingerprint density at radius 3 is 2.89 bits per heavy atom. The van der Waals surface area contributed by atoms with E-state index in [4.69, 9.17) is 11.5 Å². The Kier molecular flexibility index (Phi) is 1.60. The maximum Gasteiger partial charge on any atom is 0.131 e. The number of rotatable bonds is 1. The number of nitrogens with zero attached hydrogens (tertiary/aromatic N) is 2. The summed E-state index contributed by atoms with van der Waals surface area (Å²) >= 11 is 0. The van der Waals surface area contributed by atoms with Crippen molar-refractivity contribution in [1.82, 2.24) is 15.7 Å². The fraction of sp³-hybridized carbons (Fsp3) is 0.200. The molecule has 9 heavy (non-hydrogen) atoms. The van der Waals surface area contributed by atoms with Crippen LogP contribution in [0.1, 0.15) is 5.56 Å². The molecule has 1 radical (unpaired) electrons. The molecule has 0 bridgehead atoms. The minimum Gasteiger partial charge on any atom is -0.383 e. The first-order chi connectivity index (χ1) is 4.34. The van der Waals surface area contributed by atoms with Crippen LogP contribution in [0.4, 0.5) is 5.82 Å². The van der Waals surface area contributed by atoms with Crippen molar-refractivity contribution in [2.24, 2.45) is 0 Å². The molecule has 0 spiro atoms. The van der Waals surface area contributed by atoms with Crippen LogP contribution >= 0.6 is 0 Å². The molecule has 1 rings (SSSR count). The SMILES string of the molecule is [NH]Cc1cncnc1N. The number of nitrogens with one attached hydrogen (secondary N) is 1. The molecule has 0 saturated heterocycles. The first-order valence-electron chi connectivity index (χ1n) is 2.53. The molecule has 4 heteroatoms. The normalized spacial score (nSPS) is 9.44. The second-order valence-corrected chi connectivity index (χ2v) is 1.61. The van der Waals surface area contributed by atoms with Gasteiger partial charge in [0.1, 0.15) is 12.1 Å². The molecule has 47 valence electrons. The van der Waals surface area contributed by atoms with Gasteiger partial charge >= 0.3 is 0 Å². The smallest absolute Gasteiger partial charge is 0.131 e. The number of anilines is 1. The van der Waals surface area contributed by atoms with Gasteiger partial charge in [-0.15, -0.1) is 0 Å². The molecular weight excluding hydrogens is 116 g/mol. The Balaban J connectivity index is 3.01. The lowest BCUT2D eigenvalue weighted by Gasteiger charge is -1.95. The zero-order valence-corrected chi connectivity index (χ0v) is 4.83. The van der Waals surface area contributed by atoms with Crippen LogP contribution in [0.3, 0.4) is 0 Å². The van der Waals surface area contributed by atoms with Crippen molar-refractivity contribution in [2.75, 3.05) is 5.73 Å². The summed E-state index contributed by atoms with van der Waals surface area (Å²) in [6.07, 6.45) is 2.92. The van der Waals surface area contributed by atoms with Gasteiger partial charge in [-0.2, -0.15) is 0 Å². The molecule has 0 aromatic carbocycles. The van der Waals surface area contributed by atoms with E-state index in [0.717, 1.165) is 0 Å². The molecular formula is C5H7N4. The predicted molar refractivity (Wildman–Crippen MR) is 33.2 cm³/mol. The summed E-state index contributed by atoms with van der Waals surface area (Å²) in [6, 6.07) is 0. The molecule has 1 heterocycles. The molecule has 0 fully saturated rings. The van der Waals surface area contributed by atoms with Crippen LogP contribution in [0, 0.1) is 0 Å². The van der Waals surface area contributed by atoms with Gasteiger partial charge in [0.25, 0.3) is 0 Å². The van der Waals surface area contributed by atoms with Crippen LogP contribution in [0.5, 0.6) is 0 Å². The van der Waals surface area contributed by atoms with E-state index in [2.05, 4.69) is 9.97 Å². The highest BCUT2D eigenvalue weighted by Crippen LogP contribution is 2.02. The van der Waals surface area contributed by atoms with Crippen LogP contribution in [-0.4, -0.2) is 9.97 Å². The average molecular weight is 123 g/mol. The second kappa shape index (κ2) is 2.41. The third-order valence-electron chi connectivity index (χ3n) is 1.01. The highest BCUT2D eigenvalue weighted by molar-refractivity contribution is 5.35. The minimum absolute atomic E-state index is 0.146. The maximum absolute atomic E-state index is 6.92. The Morgan fingerprint density at radius 1 is 1.67 bits per heavy atom. The van der Waals surface area contributed by atoms with Crippen LogP contribution in [0.2, 0.25) is 0 Å². The van der Waals surface area contributed by atoms with E-state index in [-0.39, 0.29) is 6.54 Å². The maximum atomic E-state index is 6.92. The largest absolute Gasteiger partial charge is 0.383 e. The third kappa shape index (κ3) is 1.14. The molecule has 1 aromatic rings. The third-order valence-corrected chi connectivity index (χ3v) is 1.01. The summed E-state index contributed by atoms with van der Waals surface area (Å²) in [7, 11) is 0. The predicted octanol–water partition coefficient (Wildman–Crippen LogP) is -0.158. The number of aromatic nitrogens is 2. The molecule has 4 nitrogen and oxygen atoms in total. The zero-order valence-electron chi connectivity index (χ0n) is 4.83. The average Bonchev–Trinajstić information content (AvgIpc) is 1.89. The van der Waals surface area contributed by atoms with Gasteiger partial charge in [0.2, 0.25) is 0 Å². The van der Waals surface area contributed by atoms with Crippen LogP contribution < -0.4 is 11.5 Å². The van der Waals surface area contributed by atoms with Crippen molar-refractivity contribution in [3.05, 3.63) is 18.1 Å². The lowest BCUT2D eigenvalue weighted by atomic mass is 10.3. The highest BCUT2D eigenvalue weighted by atomic mass is 14.9. The molecule has 1 aromatic heterocycles. The van der Waals surface area contributed by atoms with Gasteiger partial charge in [0.05, 0.1) is 0 Å². The molecule has 0 amide bonds. The van der Waals surface area contributed by atoms with E-state index in [0.29, 0.717) is 11.4 Å². The number of hydrogen-bond donors (Lipinski definition) is 1. The zero-order chi connectivity index (χ0) is 6.69. The summed E-state index contributed by atoms with van der Waals surface area (Å²) in [4.78, 5) is 7.40. The van der Waals surface area contributed by atoms with Crippen molar-refractivity contribution in [3.63, 3.8) is 0 Å². The Labute approximate surface area is 52.9 Å². The molecule has 0 unspecified atom stereocenters. The van der Waals surface area contributed by atoms with Crippen LogP contribution in [0.25, 0.3) is 0 Å². The van der Waals surface area contributed by atoms with E-state index >= 15 is 0 Å². The van der Waals surface area contributed by atoms with E-state index < -0.39 is 0 Å². The van der Waals surface area contributed by atoms with Crippen LogP contribution in [0.15, 0.2) is 12.5 Å². The Morgan fingerprint density at radius 2 is 2.44 bits per heavy atom. The summed E-state index contributed by atoms with van der Waals surface area (Å²) in [6.45, 7) is 0.146. The first-order valence-corrected chi connectivity index (χ1v) is 2.53. The van der Waals surface area contributed by atoms with Gasteiger partial charge in [-0.1, -0.05) is 0 Å². The van der Waals surface area contributed by atoms with Crippen molar-refractivity contribution in [2.45, 2.75) is 6.54 Å². The lowest BCUT2D eigenvalue weighted by Crippen LogP contribution is -1.98. The van der Waals surface area contributed by atoms with Gasteiger partial charge < -0.3 is 5.73 Å². The Bertz CT molecular complexity index is 198. The van der Waals surface area contributed by atoms with Gasteiger partial charge in [-0.25, -0.2) is 9.97 Å². The highest BCUT2D eigenvalue weighted by Gasteiger charge is 1.93. The fourth-order valence-electron chi connectivity index (χ4n) is 0.504. The molecule has 0 atom stereocenters. The van der Waals surface area contributed by atoms with E-state index in [1.165, 1.54) is 6.33 Å².